The van der Waals surface area contributed by atoms with Gasteiger partial charge in [0.1, 0.15) is 11.3 Å². The first-order chi connectivity index (χ1) is 16.2. The molecule has 2 aliphatic rings. The number of hydrogen-bond acceptors (Lipinski definition) is 6. The molecule has 0 bridgehead atoms. The van der Waals surface area contributed by atoms with E-state index >= 15 is 0 Å². The van der Waals surface area contributed by atoms with Crippen LogP contribution >= 0.6 is 0 Å². The van der Waals surface area contributed by atoms with Gasteiger partial charge >= 0.3 is 5.69 Å². The van der Waals surface area contributed by atoms with E-state index in [1.807, 2.05) is 0 Å². The van der Waals surface area contributed by atoms with Crippen molar-refractivity contribution in [3.05, 3.63) is 62.4 Å². The van der Waals surface area contributed by atoms with E-state index in [1.54, 1.807) is 23.1 Å². The highest BCUT2D eigenvalue weighted by Gasteiger charge is 2.30. The summed E-state index contributed by atoms with van der Waals surface area (Å²) in [6.45, 7) is 1.52. The third-order valence-corrected chi connectivity index (χ3v) is 8.53. The summed E-state index contributed by atoms with van der Waals surface area (Å²) < 4.78 is 29.7. The lowest BCUT2D eigenvalue weighted by molar-refractivity contribution is 0.0980. The SMILES string of the molecule is Cn1c(=O)c2ccc(C(=O)N3CCCc4cc(S(=O)(=O)N5CCCC5)ccc43)nc2n(C)c1=O. The second-order valence-corrected chi connectivity index (χ2v) is 10.7. The van der Waals surface area contributed by atoms with Crippen LogP contribution in [0.2, 0.25) is 0 Å². The van der Waals surface area contributed by atoms with Gasteiger partial charge in [0, 0.05) is 39.4 Å². The second kappa shape index (κ2) is 8.17. The van der Waals surface area contributed by atoms with Crippen LogP contribution < -0.4 is 16.1 Å². The van der Waals surface area contributed by atoms with E-state index in [9.17, 15) is 22.8 Å². The minimum absolute atomic E-state index is 0.109. The lowest BCUT2D eigenvalue weighted by Crippen LogP contribution is -2.38. The molecule has 11 heteroatoms. The molecule has 0 spiro atoms. The molecule has 1 saturated heterocycles. The lowest BCUT2D eigenvalue weighted by atomic mass is 10.0. The summed E-state index contributed by atoms with van der Waals surface area (Å²) >= 11 is 0. The molecule has 0 N–H and O–H groups in total. The number of fused-ring (bicyclic) bond motifs is 2. The molecule has 5 rings (SSSR count). The van der Waals surface area contributed by atoms with Crippen LogP contribution in [0.3, 0.4) is 0 Å². The predicted octanol–water partition coefficient (Wildman–Crippen LogP) is 1.01. The predicted molar refractivity (Wildman–Crippen MR) is 127 cm³/mol. The smallest absolute Gasteiger partial charge is 0.307 e. The van der Waals surface area contributed by atoms with Gasteiger partial charge < -0.3 is 4.90 Å². The van der Waals surface area contributed by atoms with Gasteiger partial charge in [0.15, 0.2) is 0 Å². The maximum absolute atomic E-state index is 13.4. The second-order valence-electron chi connectivity index (χ2n) is 8.74. The van der Waals surface area contributed by atoms with Crippen molar-refractivity contribution >= 4 is 32.7 Å². The first kappa shape index (κ1) is 22.5. The average molecular weight is 484 g/mol. The molecule has 0 atom stereocenters. The van der Waals surface area contributed by atoms with Crippen LogP contribution in [0.4, 0.5) is 5.69 Å². The molecule has 0 unspecified atom stereocenters. The largest absolute Gasteiger partial charge is 0.332 e. The Morgan fingerprint density at radius 2 is 1.68 bits per heavy atom. The Morgan fingerprint density at radius 1 is 0.941 bits per heavy atom. The molecule has 2 aliphatic heterocycles. The summed E-state index contributed by atoms with van der Waals surface area (Å²) in [6, 6.07) is 7.90. The number of pyridine rings is 1. The maximum atomic E-state index is 13.4. The van der Waals surface area contributed by atoms with Gasteiger partial charge in [0.25, 0.3) is 11.5 Å². The van der Waals surface area contributed by atoms with Gasteiger partial charge in [-0.1, -0.05) is 0 Å². The first-order valence-corrected chi connectivity index (χ1v) is 12.7. The monoisotopic (exact) mass is 483 g/mol. The molecular weight excluding hydrogens is 458 g/mol. The number of benzene rings is 1. The van der Waals surface area contributed by atoms with Gasteiger partial charge in [-0.25, -0.2) is 18.2 Å². The fourth-order valence-corrected chi connectivity index (χ4v) is 6.30. The lowest BCUT2D eigenvalue weighted by Gasteiger charge is -2.30. The summed E-state index contributed by atoms with van der Waals surface area (Å²) in [5, 5.41) is 0.247. The molecule has 2 aromatic heterocycles. The van der Waals surface area contributed by atoms with E-state index in [2.05, 4.69) is 4.98 Å². The van der Waals surface area contributed by atoms with E-state index in [-0.39, 0.29) is 27.5 Å². The number of carbonyl (C=O) groups is 1. The Bertz CT molecular complexity index is 1550. The zero-order valence-electron chi connectivity index (χ0n) is 19.0. The normalized spacial score (nSPS) is 16.7. The molecule has 34 heavy (non-hydrogen) atoms. The molecule has 1 fully saturated rings. The zero-order chi connectivity index (χ0) is 24.2. The van der Waals surface area contributed by atoms with Crippen molar-refractivity contribution in [1.29, 1.82) is 0 Å². The van der Waals surface area contributed by atoms with E-state index in [4.69, 9.17) is 0 Å². The molecule has 178 valence electrons. The molecule has 1 amide bonds. The number of sulfonamides is 1. The van der Waals surface area contributed by atoms with Crippen LogP contribution in [0.25, 0.3) is 11.0 Å². The number of anilines is 1. The van der Waals surface area contributed by atoms with Crippen molar-refractivity contribution in [2.45, 2.75) is 30.6 Å². The zero-order valence-corrected chi connectivity index (χ0v) is 19.8. The standard InChI is InChI=1S/C23H25N5O5S/c1-25-20-17(21(29)26(2)23(25)31)8-9-18(24-20)22(30)28-13-5-6-15-14-16(7-10-19(15)28)34(32,33)27-11-3-4-12-27/h7-10,14H,3-6,11-13H2,1-2H3. The van der Waals surface area contributed by atoms with Crippen molar-refractivity contribution in [2.24, 2.45) is 14.1 Å². The van der Waals surface area contributed by atoms with Crippen LogP contribution in [0.5, 0.6) is 0 Å². The molecule has 3 aromatic rings. The van der Waals surface area contributed by atoms with Crippen molar-refractivity contribution < 1.29 is 13.2 Å². The number of nitrogens with zero attached hydrogens (tertiary/aromatic N) is 5. The number of amides is 1. The van der Waals surface area contributed by atoms with E-state index < -0.39 is 21.3 Å². The third kappa shape index (κ3) is 3.46. The van der Waals surface area contributed by atoms with Gasteiger partial charge in [-0.2, -0.15) is 4.31 Å². The summed E-state index contributed by atoms with van der Waals surface area (Å²) in [5.41, 5.74) is 0.697. The van der Waals surface area contributed by atoms with Crippen molar-refractivity contribution in [2.75, 3.05) is 24.5 Å². The minimum atomic E-state index is -3.55. The highest BCUT2D eigenvalue weighted by atomic mass is 32.2. The quantitative estimate of drug-likeness (QED) is 0.549. The molecule has 0 saturated carbocycles. The highest BCUT2D eigenvalue weighted by Crippen LogP contribution is 2.32. The third-order valence-electron chi connectivity index (χ3n) is 6.64. The Balaban J connectivity index is 1.53. The highest BCUT2D eigenvalue weighted by molar-refractivity contribution is 7.89. The molecule has 10 nitrogen and oxygen atoms in total. The molecule has 0 radical (unpaired) electrons. The van der Waals surface area contributed by atoms with Crippen molar-refractivity contribution in [1.82, 2.24) is 18.4 Å². The van der Waals surface area contributed by atoms with Crippen molar-refractivity contribution in [3.8, 4) is 0 Å². The van der Waals surface area contributed by atoms with Gasteiger partial charge in [0.2, 0.25) is 10.0 Å². The summed E-state index contributed by atoms with van der Waals surface area (Å²) in [6.07, 6.45) is 3.07. The van der Waals surface area contributed by atoms with Crippen LogP contribution in [0.1, 0.15) is 35.3 Å². The number of aryl methyl sites for hydroxylation is 2. The first-order valence-electron chi connectivity index (χ1n) is 11.2. The van der Waals surface area contributed by atoms with E-state index in [1.165, 1.54) is 35.1 Å². The number of rotatable bonds is 3. The van der Waals surface area contributed by atoms with E-state index in [0.29, 0.717) is 38.2 Å². The summed E-state index contributed by atoms with van der Waals surface area (Å²) in [4.78, 5) is 44.3. The Morgan fingerprint density at radius 3 is 2.41 bits per heavy atom. The van der Waals surface area contributed by atoms with Gasteiger partial charge in [0.05, 0.1) is 10.3 Å². The maximum Gasteiger partial charge on any atom is 0.332 e. The van der Waals surface area contributed by atoms with Crippen LogP contribution in [-0.2, 0) is 30.5 Å². The van der Waals surface area contributed by atoms with Gasteiger partial charge in [-0.15, -0.1) is 0 Å². The number of aromatic nitrogens is 3. The fraction of sp³-hybridized carbons (Fsp3) is 0.391. The van der Waals surface area contributed by atoms with Crippen LogP contribution in [-0.4, -0.2) is 52.4 Å². The topological polar surface area (TPSA) is 115 Å². The fourth-order valence-electron chi connectivity index (χ4n) is 4.73. The minimum Gasteiger partial charge on any atom is -0.307 e. The molecule has 0 aliphatic carbocycles. The van der Waals surface area contributed by atoms with Gasteiger partial charge in [-0.3, -0.25) is 18.7 Å². The van der Waals surface area contributed by atoms with Gasteiger partial charge in [-0.05, 0) is 61.6 Å². The van der Waals surface area contributed by atoms with E-state index in [0.717, 1.165) is 23.0 Å². The van der Waals surface area contributed by atoms with Crippen LogP contribution in [0.15, 0.2) is 44.8 Å². The van der Waals surface area contributed by atoms with Crippen LogP contribution in [0, 0.1) is 0 Å². The molecule has 4 heterocycles. The average Bonchev–Trinajstić information content (AvgIpc) is 3.41. The molecular formula is C23H25N5O5S. The Labute approximate surface area is 196 Å². The summed E-state index contributed by atoms with van der Waals surface area (Å²) in [7, 11) is -0.651. The Kier molecular flexibility index (Phi) is 5.40. The summed E-state index contributed by atoms with van der Waals surface area (Å²) in [5.74, 6) is -0.369. The molecule has 1 aromatic carbocycles. The van der Waals surface area contributed by atoms with Crippen molar-refractivity contribution in [3.63, 3.8) is 0 Å². The Hall–Kier alpha value is -3.31. The number of carbonyl (C=O) groups excluding carboxylic acids is 1. The number of hydrogen-bond donors (Lipinski definition) is 0.